The predicted molar refractivity (Wildman–Crippen MR) is 60.3 cm³/mol. The minimum absolute atomic E-state index is 0.524. The highest BCUT2D eigenvalue weighted by molar-refractivity contribution is 5.54. The van der Waals surface area contributed by atoms with Gasteiger partial charge in [0.15, 0.2) is 11.4 Å². The van der Waals surface area contributed by atoms with Gasteiger partial charge >= 0.3 is 0 Å². The number of nitriles is 1. The molecule has 0 fully saturated rings. The van der Waals surface area contributed by atoms with Crippen molar-refractivity contribution < 1.29 is 4.74 Å². The summed E-state index contributed by atoms with van der Waals surface area (Å²) in [6.45, 7) is 2.51. The van der Waals surface area contributed by atoms with Crippen LogP contribution >= 0.6 is 0 Å². The third-order valence-corrected chi connectivity index (χ3v) is 2.26. The Morgan fingerprint density at radius 2 is 2.44 bits per heavy atom. The van der Waals surface area contributed by atoms with Crippen molar-refractivity contribution in [3.8, 4) is 11.8 Å². The highest BCUT2D eigenvalue weighted by atomic mass is 16.5. The van der Waals surface area contributed by atoms with E-state index in [0.29, 0.717) is 13.0 Å². The van der Waals surface area contributed by atoms with Gasteiger partial charge in [-0.15, -0.1) is 0 Å². The topological polar surface area (TPSA) is 50.3 Å². The smallest absolute Gasteiger partial charge is 0.179 e. The average Bonchev–Trinajstić information content (AvgIpc) is 2.65. The average molecular weight is 215 g/mol. The molecule has 0 saturated heterocycles. The van der Waals surface area contributed by atoms with E-state index in [4.69, 9.17) is 10.00 Å². The van der Waals surface area contributed by atoms with Crippen LogP contribution in [-0.4, -0.2) is 16.0 Å². The molecule has 0 saturated carbocycles. The first-order chi connectivity index (χ1) is 7.81. The van der Waals surface area contributed by atoms with Crippen molar-refractivity contribution in [2.45, 2.75) is 19.8 Å². The Morgan fingerprint density at radius 1 is 1.56 bits per heavy atom. The number of unbranched alkanes of at least 4 members (excludes halogenated alkanes) is 1. The fourth-order valence-corrected chi connectivity index (χ4v) is 1.56. The Labute approximate surface area is 94.1 Å². The number of fused-ring (bicyclic) bond motifs is 1. The van der Waals surface area contributed by atoms with Crippen LogP contribution in [0.4, 0.5) is 0 Å². The van der Waals surface area contributed by atoms with Gasteiger partial charge in [-0.25, -0.2) is 4.98 Å². The standard InChI is InChI=1S/C12H13N3O/c1-10-9-15-7-4-5-11(12(15)14-10)16-8-3-2-6-13/h4-5,7,9H,2-3,8H2,1H3. The maximum atomic E-state index is 8.42. The molecular formula is C12H13N3O. The van der Waals surface area contributed by atoms with Crippen LogP contribution in [0.5, 0.6) is 5.75 Å². The van der Waals surface area contributed by atoms with Crippen LogP contribution in [0.3, 0.4) is 0 Å². The second-order valence-corrected chi connectivity index (χ2v) is 3.60. The molecule has 82 valence electrons. The van der Waals surface area contributed by atoms with Crippen molar-refractivity contribution in [2.75, 3.05) is 6.61 Å². The number of pyridine rings is 1. The number of rotatable bonds is 4. The van der Waals surface area contributed by atoms with Crippen molar-refractivity contribution in [2.24, 2.45) is 0 Å². The summed E-state index contributed by atoms with van der Waals surface area (Å²) in [7, 11) is 0. The molecule has 0 amide bonds. The highest BCUT2D eigenvalue weighted by Gasteiger charge is 2.04. The lowest BCUT2D eigenvalue weighted by Crippen LogP contribution is -1.98. The molecule has 0 bridgehead atoms. The molecule has 2 heterocycles. The lowest BCUT2D eigenvalue weighted by molar-refractivity contribution is 0.314. The molecule has 2 aromatic heterocycles. The molecule has 0 aliphatic heterocycles. The monoisotopic (exact) mass is 215 g/mol. The normalized spacial score (nSPS) is 10.2. The van der Waals surface area contributed by atoms with E-state index in [-0.39, 0.29) is 0 Å². The van der Waals surface area contributed by atoms with Gasteiger partial charge in [0.1, 0.15) is 0 Å². The molecule has 4 nitrogen and oxygen atoms in total. The van der Waals surface area contributed by atoms with E-state index in [0.717, 1.165) is 23.5 Å². The third kappa shape index (κ3) is 2.14. The van der Waals surface area contributed by atoms with Crippen molar-refractivity contribution in [3.05, 3.63) is 30.2 Å². The number of imidazole rings is 1. The van der Waals surface area contributed by atoms with E-state index in [2.05, 4.69) is 11.1 Å². The van der Waals surface area contributed by atoms with Crippen molar-refractivity contribution >= 4 is 5.65 Å². The minimum Gasteiger partial charge on any atom is -0.490 e. The lowest BCUT2D eigenvalue weighted by atomic mass is 10.3. The van der Waals surface area contributed by atoms with E-state index in [1.165, 1.54) is 0 Å². The zero-order chi connectivity index (χ0) is 11.4. The number of aryl methyl sites for hydroxylation is 1. The molecule has 0 radical (unpaired) electrons. The molecule has 2 rings (SSSR count). The molecule has 0 atom stereocenters. The minimum atomic E-state index is 0.524. The summed E-state index contributed by atoms with van der Waals surface area (Å²) in [4.78, 5) is 4.38. The molecule has 4 heteroatoms. The molecule has 0 spiro atoms. The van der Waals surface area contributed by atoms with Gasteiger partial charge in [-0.1, -0.05) is 0 Å². The second kappa shape index (κ2) is 4.67. The number of ether oxygens (including phenoxy) is 1. The van der Waals surface area contributed by atoms with E-state index in [1.54, 1.807) is 0 Å². The highest BCUT2D eigenvalue weighted by Crippen LogP contribution is 2.18. The number of hydrogen-bond acceptors (Lipinski definition) is 3. The largest absolute Gasteiger partial charge is 0.490 e. The van der Waals surface area contributed by atoms with Crippen LogP contribution in [-0.2, 0) is 0 Å². The van der Waals surface area contributed by atoms with Gasteiger partial charge in [-0.3, -0.25) is 0 Å². The van der Waals surface area contributed by atoms with Crippen LogP contribution < -0.4 is 4.74 Å². The van der Waals surface area contributed by atoms with Crippen LogP contribution in [0.2, 0.25) is 0 Å². The van der Waals surface area contributed by atoms with E-state index in [9.17, 15) is 0 Å². The molecule has 0 unspecified atom stereocenters. The molecular weight excluding hydrogens is 202 g/mol. The summed E-state index contributed by atoms with van der Waals surface area (Å²) >= 11 is 0. The first-order valence-corrected chi connectivity index (χ1v) is 5.25. The number of nitrogens with zero attached hydrogens (tertiary/aromatic N) is 3. The van der Waals surface area contributed by atoms with Gasteiger partial charge in [0.2, 0.25) is 0 Å². The summed E-state index contributed by atoms with van der Waals surface area (Å²) < 4.78 is 7.54. The van der Waals surface area contributed by atoms with Gasteiger partial charge < -0.3 is 9.14 Å². The summed E-state index contributed by atoms with van der Waals surface area (Å²) in [5.74, 6) is 0.772. The van der Waals surface area contributed by atoms with Gasteiger partial charge in [-0.2, -0.15) is 5.26 Å². The Hall–Kier alpha value is -2.02. The van der Waals surface area contributed by atoms with Crippen LogP contribution in [0.1, 0.15) is 18.5 Å². The first-order valence-electron chi connectivity index (χ1n) is 5.25. The molecule has 0 aromatic carbocycles. The molecule has 0 aliphatic rings. The zero-order valence-corrected chi connectivity index (χ0v) is 9.18. The van der Waals surface area contributed by atoms with E-state index >= 15 is 0 Å². The van der Waals surface area contributed by atoms with Crippen molar-refractivity contribution in [1.82, 2.24) is 9.38 Å². The van der Waals surface area contributed by atoms with E-state index in [1.807, 2.05) is 35.9 Å². The Bertz CT molecular complexity index is 525. The quantitative estimate of drug-likeness (QED) is 0.735. The summed E-state index contributed by atoms with van der Waals surface area (Å²) in [5.41, 5.74) is 1.80. The van der Waals surface area contributed by atoms with Crippen molar-refractivity contribution in [3.63, 3.8) is 0 Å². The molecule has 0 N–H and O–H groups in total. The first kappa shape index (κ1) is 10.5. The van der Waals surface area contributed by atoms with Gasteiger partial charge in [0.05, 0.1) is 18.4 Å². The fraction of sp³-hybridized carbons (Fsp3) is 0.333. The number of aromatic nitrogens is 2. The zero-order valence-electron chi connectivity index (χ0n) is 9.18. The Kier molecular flexibility index (Phi) is 3.06. The Balaban J connectivity index is 2.14. The van der Waals surface area contributed by atoms with Crippen LogP contribution in [0.25, 0.3) is 5.65 Å². The van der Waals surface area contributed by atoms with Gasteiger partial charge in [0, 0.05) is 18.8 Å². The second-order valence-electron chi connectivity index (χ2n) is 3.60. The summed E-state index contributed by atoms with van der Waals surface area (Å²) in [6.07, 6.45) is 5.17. The van der Waals surface area contributed by atoms with Gasteiger partial charge in [-0.05, 0) is 25.5 Å². The SMILES string of the molecule is Cc1cn2cccc(OCCCC#N)c2n1. The summed E-state index contributed by atoms with van der Waals surface area (Å²) in [6, 6.07) is 5.92. The van der Waals surface area contributed by atoms with Gasteiger partial charge in [0.25, 0.3) is 0 Å². The maximum Gasteiger partial charge on any atom is 0.179 e. The third-order valence-electron chi connectivity index (χ3n) is 2.26. The fourth-order valence-electron chi connectivity index (χ4n) is 1.56. The maximum absolute atomic E-state index is 8.42. The lowest BCUT2D eigenvalue weighted by Gasteiger charge is -2.05. The molecule has 16 heavy (non-hydrogen) atoms. The Morgan fingerprint density at radius 3 is 3.25 bits per heavy atom. The van der Waals surface area contributed by atoms with Crippen LogP contribution in [0.15, 0.2) is 24.5 Å². The molecule has 0 aliphatic carbocycles. The predicted octanol–water partition coefficient (Wildman–Crippen LogP) is 2.33. The number of hydrogen-bond donors (Lipinski definition) is 0. The van der Waals surface area contributed by atoms with E-state index < -0.39 is 0 Å². The summed E-state index contributed by atoms with van der Waals surface area (Å²) in [5, 5.41) is 8.42. The van der Waals surface area contributed by atoms with Crippen LogP contribution in [0, 0.1) is 18.3 Å². The van der Waals surface area contributed by atoms with Crippen molar-refractivity contribution in [1.29, 1.82) is 5.26 Å². The molecule has 2 aromatic rings.